The molecule has 1 aromatic carbocycles. The molecule has 0 saturated carbocycles. The highest BCUT2D eigenvalue weighted by atomic mass is 79.9. The van der Waals surface area contributed by atoms with Crippen molar-refractivity contribution in [2.24, 2.45) is 0 Å². The number of hydrogen-bond acceptors (Lipinski definition) is 2. The minimum Gasteiger partial charge on any atom is -0.382 e. The Hall–Kier alpha value is -1.00. The minimum atomic E-state index is 0.650. The lowest BCUT2D eigenvalue weighted by molar-refractivity contribution is 0.788. The number of halogens is 2. The number of nitrogens with zero attached hydrogens (tertiary/aromatic N) is 2. The third kappa shape index (κ3) is 1.76. The number of fused-ring (bicyclic) bond motifs is 1. The molecule has 0 bridgehead atoms. The van der Waals surface area contributed by atoms with Crippen molar-refractivity contribution in [1.29, 1.82) is 0 Å². The van der Waals surface area contributed by atoms with Gasteiger partial charge >= 0.3 is 0 Å². The van der Waals surface area contributed by atoms with Gasteiger partial charge in [0.15, 0.2) is 0 Å². The molecule has 1 aliphatic carbocycles. The zero-order valence-corrected chi connectivity index (χ0v) is 11.4. The summed E-state index contributed by atoms with van der Waals surface area (Å²) in [5.74, 6) is 0.650. The van der Waals surface area contributed by atoms with E-state index in [2.05, 4.69) is 21.0 Å². The van der Waals surface area contributed by atoms with Gasteiger partial charge < -0.3 is 5.73 Å². The molecule has 1 aromatic heterocycles. The third-order valence-electron chi connectivity index (χ3n) is 3.11. The van der Waals surface area contributed by atoms with Crippen LogP contribution in [0.4, 0.5) is 5.82 Å². The van der Waals surface area contributed by atoms with Gasteiger partial charge in [0.05, 0.1) is 10.7 Å². The monoisotopic (exact) mass is 311 g/mol. The molecule has 1 aliphatic rings. The Balaban J connectivity index is 2.15. The van der Waals surface area contributed by atoms with Gasteiger partial charge in [-0.25, -0.2) is 4.68 Å². The van der Waals surface area contributed by atoms with E-state index in [9.17, 15) is 0 Å². The lowest BCUT2D eigenvalue weighted by Gasteiger charge is -2.06. The van der Waals surface area contributed by atoms with E-state index in [1.165, 1.54) is 11.3 Å². The van der Waals surface area contributed by atoms with Crippen molar-refractivity contribution in [2.75, 3.05) is 5.73 Å². The molecule has 2 N–H and O–H groups in total. The summed E-state index contributed by atoms with van der Waals surface area (Å²) >= 11 is 9.49. The van der Waals surface area contributed by atoms with Crippen molar-refractivity contribution >= 4 is 33.3 Å². The molecule has 0 spiro atoms. The van der Waals surface area contributed by atoms with Crippen molar-refractivity contribution in [3.8, 4) is 5.69 Å². The second-order valence-electron chi connectivity index (χ2n) is 4.17. The molecule has 0 aliphatic heterocycles. The number of hydrogen-bond donors (Lipinski definition) is 1. The number of rotatable bonds is 1. The fourth-order valence-electron chi connectivity index (χ4n) is 2.30. The quantitative estimate of drug-likeness (QED) is 0.877. The summed E-state index contributed by atoms with van der Waals surface area (Å²) < 4.78 is 2.80. The van der Waals surface area contributed by atoms with E-state index in [4.69, 9.17) is 17.3 Å². The Kier molecular flexibility index (Phi) is 2.64. The highest BCUT2D eigenvalue weighted by molar-refractivity contribution is 9.10. The first-order valence-corrected chi connectivity index (χ1v) is 6.65. The molecule has 0 saturated heterocycles. The first kappa shape index (κ1) is 11.1. The lowest BCUT2D eigenvalue weighted by atomic mass is 10.2. The van der Waals surface area contributed by atoms with E-state index in [-0.39, 0.29) is 0 Å². The molecular formula is C12H11BrClN3. The van der Waals surface area contributed by atoms with Crippen molar-refractivity contribution in [2.45, 2.75) is 19.3 Å². The molecule has 0 radical (unpaired) electrons. The minimum absolute atomic E-state index is 0.650. The van der Waals surface area contributed by atoms with E-state index >= 15 is 0 Å². The van der Waals surface area contributed by atoms with Gasteiger partial charge in [0, 0.05) is 15.7 Å². The van der Waals surface area contributed by atoms with Gasteiger partial charge in [-0.15, -0.1) is 0 Å². The van der Waals surface area contributed by atoms with Crippen LogP contribution in [0.15, 0.2) is 22.7 Å². The van der Waals surface area contributed by atoms with Gasteiger partial charge in [0.1, 0.15) is 5.82 Å². The second kappa shape index (κ2) is 4.03. The van der Waals surface area contributed by atoms with Crippen LogP contribution in [0.5, 0.6) is 0 Å². The molecule has 3 nitrogen and oxygen atoms in total. The molecule has 5 heteroatoms. The van der Waals surface area contributed by atoms with E-state index in [1.807, 2.05) is 22.9 Å². The summed E-state index contributed by atoms with van der Waals surface area (Å²) in [6.45, 7) is 0. The van der Waals surface area contributed by atoms with Crippen LogP contribution in [0.1, 0.15) is 17.7 Å². The van der Waals surface area contributed by atoms with Gasteiger partial charge in [-0.2, -0.15) is 5.10 Å². The van der Waals surface area contributed by atoms with Crippen LogP contribution >= 0.6 is 27.5 Å². The lowest BCUT2D eigenvalue weighted by Crippen LogP contribution is -2.01. The van der Waals surface area contributed by atoms with Gasteiger partial charge in [0.25, 0.3) is 0 Å². The Morgan fingerprint density at radius 3 is 2.94 bits per heavy atom. The summed E-state index contributed by atoms with van der Waals surface area (Å²) in [5.41, 5.74) is 9.31. The highest BCUT2D eigenvalue weighted by Crippen LogP contribution is 2.31. The maximum Gasteiger partial charge on any atom is 0.149 e. The largest absolute Gasteiger partial charge is 0.382 e. The van der Waals surface area contributed by atoms with Gasteiger partial charge in [0.2, 0.25) is 0 Å². The number of anilines is 1. The SMILES string of the molecule is Nc1nn(-c2ccc(Br)c(Cl)c2)c2c1CCC2. The third-order valence-corrected chi connectivity index (χ3v) is 4.34. The van der Waals surface area contributed by atoms with Crippen LogP contribution in [0.25, 0.3) is 5.69 Å². The van der Waals surface area contributed by atoms with Crippen LogP contribution in [0.3, 0.4) is 0 Å². The Morgan fingerprint density at radius 1 is 1.35 bits per heavy atom. The molecule has 0 fully saturated rings. The normalized spacial score (nSPS) is 14.0. The summed E-state index contributed by atoms with van der Waals surface area (Å²) in [5, 5.41) is 5.08. The predicted octanol–water partition coefficient (Wildman–Crippen LogP) is 3.36. The Labute approximate surface area is 113 Å². The predicted molar refractivity (Wildman–Crippen MR) is 72.7 cm³/mol. The topological polar surface area (TPSA) is 43.8 Å². The van der Waals surface area contributed by atoms with Gasteiger partial charge in [-0.1, -0.05) is 11.6 Å². The second-order valence-corrected chi connectivity index (χ2v) is 5.44. The molecule has 88 valence electrons. The fraction of sp³-hybridized carbons (Fsp3) is 0.250. The van der Waals surface area contributed by atoms with Crippen molar-refractivity contribution in [3.05, 3.63) is 39.0 Å². The van der Waals surface area contributed by atoms with Crippen molar-refractivity contribution in [3.63, 3.8) is 0 Å². The Morgan fingerprint density at radius 2 is 2.18 bits per heavy atom. The standard InChI is InChI=1S/C12H11BrClN3/c13-9-5-4-7(6-10(9)14)17-11-3-1-2-8(11)12(15)16-17/h4-6H,1-3H2,(H2,15,16). The first-order valence-electron chi connectivity index (χ1n) is 5.48. The molecule has 2 aromatic rings. The van der Waals surface area contributed by atoms with Crippen molar-refractivity contribution < 1.29 is 0 Å². The maximum absolute atomic E-state index is 6.10. The van der Waals surface area contributed by atoms with Crippen molar-refractivity contribution in [1.82, 2.24) is 9.78 Å². The molecule has 0 unspecified atom stereocenters. The van der Waals surface area contributed by atoms with Crippen LogP contribution in [-0.2, 0) is 12.8 Å². The molecule has 0 amide bonds. The maximum atomic E-state index is 6.10. The summed E-state index contributed by atoms with van der Waals surface area (Å²) in [7, 11) is 0. The molecule has 17 heavy (non-hydrogen) atoms. The molecule has 1 heterocycles. The van der Waals surface area contributed by atoms with Gasteiger partial charge in [-0.05, 0) is 53.4 Å². The zero-order chi connectivity index (χ0) is 12.0. The van der Waals surface area contributed by atoms with Crippen LogP contribution < -0.4 is 5.73 Å². The number of nitrogens with two attached hydrogens (primary N) is 1. The van der Waals surface area contributed by atoms with Crippen LogP contribution in [-0.4, -0.2) is 9.78 Å². The zero-order valence-electron chi connectivity index (χ0n) is 9.08. The number of benzene rings is 1. The van der Waals surface area contributed by atoms with Crippen LogP contribution in [0, 0.1) is 0 Å². The first-order chi connectivity index (χ1) is 8.16. The summed E-state index contributed by atoms with van der Waals surface area (Å²) in [6.07, 6.45) is 3.22. The highest BCUT2D eigenvalue weighted by Gasteiger charge is 2.21. The summed E-state index contributed by atoms with van der Waals surface area (Å²) in [4.78, 5) is 0. The summed E-state index contributed by atoms with van der Waals surface area (Å²) in [6, 6.07) is 5.81. The smallest absolute Gasteiger partial charge is 0.149 e. The molecule has 0 atom stereocenters. The average Bonchev–Trinajstić information content (AvgIpc) is 2.87. The van der Waals surface area contributed by atoms with E-state index < -0.39 is 0 Å². The molecular weight excluding hydrogens is 302 g/mol. The Bertz CT molecular complexity index is 592. The molecule has 3 rings (SSSR count). The average molecular weight is 313 g/mol. The number of aromatic nitrogens is 2. The van der Waals surface area contributed by atoms with Crippen LogP contribution in [0.2, 0.25) is 5.02 Å². The fourth-order valence-corrected chi connectivity index (χ4v) is 2.72. The van der Waals surface area contributed by atoms with Gasteiger partial charge in [-0.3, -0.25) is 0 Å². The van der Waals surface area contributed by atoms with E-state index in [0.717, 1.165) is 29.4 Å². The van der Waals surface area contributed by atoms with E-state index in [1.54, 1.807) is 0 Å². The van der Waals surface area contributed by atoms with E-state index in [0.29, 0.717) is 10.8 Å². The number of nitrogen functional groups attached to an aromatic ring is 1.